The number of aromatic nitrogens is 4. The highest BCUT2D eigenvalue weighted by Crippen LogP contribution is 2.35. The van der Waals surface area contributed by atoms with Crippen LogP contribution in [0.2, 0.25) is 5.02 Å². The predicted octanol–water partition coefficient (Wildman–Crippen LogP) is 4.56. The van der Waals surface area contributed by atoms with E-state index in [1.165, 1.54) is 18.4 Å². The van der Waals surface area contributed by atoms with Crippen molar-refractivity contribution in [3.8, 4) is 5.75 Å². The van der Waals surface area contributed by atoms with Crippen molar-refractivity contribution in [1.29, 1.82) is 0 Å². The molecule has 2 saturated heterocycles. The molecule has 2 aliphatic rings. The average molecular weight is 598 g/mol. The van der Waals surface area contributed by atoms with Crippen LogP contribution in [-0.4, -0.2) is 95.2 Å². The quantitative estimate of drug-likeness (QED) is 0.422. The van der Waals surface area contributed by atoms with Crippen molar-refractivity contribution in [3.05, 3.63) is 34.7 Å². The molecular formula is C27H35ClF3N7O3. The second-order valence-electron chi connectivity index (χ2n) is 10.3. The highest BCUT2D eigenvalue weighted by molar-refractivity contribution is 6.31. The van der Waals surface area contributed by atoms with Gasteiger partial charge >= 0.3 is 12.1 Å². The minimum absolute atomic E-state index is 0.613. The predicted molar refractivity (Wildman–Crippen MR) is 151 cm³/mol. The number of halogens is 4. The first kappa shape index (κ1) is 30.6. The van der Waals surface area contributed by atoms with Crippen LogP contribution in [0.1, 0.15) is 31.0 Å². The molecule has 14 heteroatoms. The van der Waals surface area contributed by atoms with Crippen LogP contribution in [0.5, 0.6) is 5.75 Å². The topological polar surface area (TPSA) is 111 Å². The molecule has 1 aromatic carbocycles. The summed E-state index contributed by atoms with van der Waals surface area (Å²) in [6, 6.07) is 4.04. The fraction of sp³-hybridized carbons (Fsp3) is 0.556. The number of alkyl halides is 3. The number of aromatic amines is 1. The first-order valence-electron chi connectivity index (χ1n) is 13.6. The summed E-state index contributed by atoms with van der Waals surface area (Å²) in [6.07, 6.45) is -0.228. The van der Waals surface area contributed by atoms with Crippen LogP contribution in [-0.2, 0) is 11.2 Å². The highest BCUT2D eigenvalue weighted by atomic mass is 35.5. The first-order valence-corrected chi connectivity index (χ1v) is 13.9. The van der Waals surface area contributed by atoms with Gasteiger partial charge in [0, 0.05) is 42.5 Å². The van der Waals surface area contributed by atoms with Crippen molar-refractivity contribution in [2.45, 2.75) is 39.3 Å². The van der Waals surface area contributed by atoms with E-state index in [0.717, 1.165) is 91.3 Å². The molecule has 0 spiro atoms. The number of anilines is 2. The van der Waals surface area contributed by atoms with Crippen LogP contribution in [0.4, 0.5) is 24.7 Å². The number of piperazine rings is 1. The fourth-order valence-corrected chi connectivity index (χ4v) is 5.32. The van der Waals surface area contributed by atoms with Gasteiger partial charge in [-0.05, 0) is 64.4 Å². The van der Waals surface area contributed by atoms with Crippen molar-refractivity contribution in [1.82, 2.24) is 25.1 Å². The van der Waals surface area contributed by atoms with Crippen molar-refractivity contribution in [2.75, 3.05) is 62.7 Å². The summed E-state index contributed by atoms with van der Waals surface area (Å²) in [7, 11) is 2.19. The Hall–Kier alpha value is -3.32. The molecule has 0 amide bonds. The highest BCUT2D eigenvalue weighted by Gasteiger charge is 2.38. The number of carbonyl (C=O) groups is 1. The molecule has 4 heterocycles. The number of aliphatic carboxylic acids is 1. The number of carboxylic acid groups (broad SMARTS) is 1. The summed E-state index contributed by atoms with van der Waals surface area (Å²) in [5.74, 6) is -0.262. The zero-order chi connectivity index (χ0) is 29.7. The maximum atomic E-state index is 10.6. The number of hydrogen-bond donors (Lipinski definition) is 2. The molecule has 10 nitrogen and oxygen atoms in total. The van der Waals surface area contributed by atoms with Crippen LogP contribution in [0, 0.1) is 12.8 Å². The van der Waals surface area contributed by atoms with Crippen LogP contribution in [0.15, 0.2) is 18.5 Å². The standard InChI is InChI=1S/C25H34ClN7O.C2HF3O2/c1-4-20-23-24(30-29-20)27-16-28-25(23)33-11-9-32(10-12-33)21-13-19(26)14-22(17(21)2)34-15-18-5-7-31(3)8-6-18;3-2(4,5)1(6)7/h13-14,16,18H,4-12,15H2,1-3H3,(H,27,28,29,30);(H,6,7). The number of piperidine rings is 1. The summed E-state index contributed by atoms with van der Waals surface area (Å²) in [6.45, 7) is 10.8. The molecule has 224 valence electrons. The van der Waals surface area contributed by atoms with Gasteiger partial charge in [0.15, 0.2) is 5.65 Å². The molecule has 5 rings (SSSR count). The third kappa shape index (κ3) is 7.50. The summed E-state index contributed by atoms with van der Waals surface area (Å²) >= 11 is 6.54. The van der Waals surface area contributed by atoms with Crippen LogP contribution < -0.4 is 14.5 Å². The number of ether oxygens (including phenoxy) is 1. The molecule has 41 heavy (non-hydrogen) atoms. The van der Waals surface area contributed by atoms with Gasteiger partial charge in [0.1, 0.15) is 17.9 Å². The Labute approximate surface area is 241 Å². The Morgan fingerprint density at radius 2 is 1.76 bits per heavy atom. The smallest absolute Gasteiger partial charge is 0.490 e. The minimum Gasteiger partial charge on any atom is -0.493 e. The number of nitrogens with one attached hydrogen (secondary N) is 1. The lowest BCUT2D eigenvalue weighted by atomic mass is 9.98. The molecule has 0 saturated carbocycles. The molecule has 2 fully saturated rings. The number of carboxylic acids is 1. The van der Waals surface area contributed by atoms with E-state index in [-0.39, 0.29) is 0 Å². The molecule has 0 radical (unpaired) electrons. The van der Waals surface area contributed by atoms with E-state index >= 15 is 0 Å². The molecule has 0 bridgehead atoms. The Balaban J connectivity index is 0.000000493. The van der Waals surface area contributed by atoms with Gasteiger partial charge in [0.25, 0.3) is 0 Å². The lowest BCUT2D eigenvalue weighted by Crippen LogP contribution is -2.47. The van der Waals surface area contributed by atoms with Crippen molar-refractivity contribution in [2.24, 2.45) is 5.92 Å². The Kier molecular flexibility index (Phi) is 9.80. The number of H-pyrrole nitrogens is 1. The number of likely N-dealkylation sites (tertiary alicyclic amines) is 1. The molecule has 0 atom stereocenters. The van der Waals surface area contributed by atoms with E-state index in [4.69, 9.17) is 26.2 Å². The van der Waals surface area contributed by atoms with Crippen molar-refractivity contribution < 1.29 is 27.8 Å². The van der Waals surface area contributed by atoms with Gasteiger partial charge < -0.3 is 24.5 Å². The van der Waals surface area contributed by atoms with Crippen LogP contribution in [0.25, 0.3) is 11.0 Å². The van der Waals surface area contributed by atoms with Gasteiger partial charge in [-0.3, -0.25) is 5.10 Å². The zero-order valence-corrected chi connectivity index (χ0v) is 24.1. The molecule has 0 unspecified atom stereocenters. The lowest BCUT2D eigenvalue weighted by molar-refractivity contribution is -0.192. The Morgan fingerprint density at radius 3 is 2.37 bits per heavy atom. The van der Waals surface area contributed by atoms with E-state index in [0.29, 0.717) is 5.92 Å². The number of rotatable bonds is 6. The van der Waals surface area contributed by atoms with Crippen LogP contribution in [0.3, 0.4) is 0 Å². The number of benzene rings is 1. The van der Waals surface area contributed by atoms with Gasteiger partial charge in [0.2, 0.25) is 0 Å². The largest absolute Gasteiger partial charge is 0.493 e. The van der Waals surface area contributed by atoms with E-state index in [2.05, 4.69) is 61.8 Å². The van der Waals surface area contributed by atoms with E-state index < -0.39 is 12.1 Å². The third-order valence-corrected chi connectivity index (χ3v) is 7.74. The molecule has 0 aliphatic carbocycles. The van der Waals surface area contributed by atoms with Gasteiger partial charge in [-0.2, -0.15) is 18.3 Å². The molecule has 2 N–H and O–H groups in total. The molecule has 2 aliphatic heterocycles. The zero-order valence-electron chi connectivity index (χ0n) is 23.3. The number of aryl methyl sites for hydroxylation is 1. The molecule has 3 aromatic rings. The maximum absolute atomic E-state index is 10.6. The second-order valence-corrected chi connectivity index (χ2v) is 10.8. The minimum atomic E-state index is -5.08. The molecule has 2 aromatic heterocycles. The number of nitrogens with zero attached hydrogens (tertiary/aromatic N) is 6. The second kappa shape index (κ2) is 13.1. The van der Waals surface area contributed by atoms with Gasteiger partial charge in [0.05, 0.1) is 17.7 Å². The maximum Gasteiger partial charge on any atom is 0.490 e. The van der Waals surface area contributed by atoms with Gasteiger partial charge in [-0.15, -0.1) is 0 Å². The first-order chi connectivity index (χ1) is 19.5. The third-order valence-electron chi connectivity index (χ3n) is 7.52. The fourth-order valence-electron chi connectivity index (χ4n) is 5.11. The van der Waals surface area contributed by atoms with E-state index in [1.807, 2.05) is 6.07 Å². The van der Waals surface area contributed by atoms with Crippen molar-refractivity contribution in [3.63, 3.8) is 0 Å². The lowest BCUT2D eigenvalue weighted by Gasteiger charge is -2.38. The van der Waals surface area contributed by atoms with Crippen molar-refractivity contribution >= 4 is 40.1 Å². The summed E-state index contributed by atoms with van der Waals surface area (Å²) in [4.78, 5) is 25.0. The SMILES string of the molecule is CCc1n[nH]c2ncnc(N3CCN(c4cc(Cl)cc(OCC5CCN(C)CC5)c4C)CC3)c12.O=C(O)C(F)(F)F. The number of hydrogen-bond acceptors (Lipinski definition) is 8. The normalized spacial score (nSPS) is 17.0. The summed E-state index contributed by atoms with van der Waals surface area (Å²) in [5.41, 5.74) is 4.15. The van der Waals surface area contributed by atoms with E-state index in [1.54, 1.807) is 6.33 Å². The van der Waals surface area contributed by atoms with E-state index in [9.17, 15) is 13.2 Å². The summed E-state index contributed by atoms with van der Waals surface area (Å²) < 4.78 is 38.0. The monoisotopic (exact) mass is 597 g/mol. The Morgan fingerprint density at radius 1 is 1.12 bits per heavy atom. The Bertz CT molecular complexity index is 1340. The molecular weight excluding hydrogens is 563 g/mol. The van der Waals surface area contributed by atoms with Crippen LogP contribution >= 0.6 is 11.6 Å². The van der Waals surface area contributed by atoms with Gasteiger partial charge in [-0.25, -0.2) is 14.8 Å². The summed E-state index contributed by atoms with van der Waals surface area (Å²) in [5, 5.41) is 16.4. The average Bonchev–Trinajstić information content (AvgIpc) is 3.38. The van der Waals surface area contributed by atoms with Gasteiger partial charge in [-0.1, -0.05) is 18.5 Å². The number of fused-ring (bicyclic) bond motifs is 1.